The number of hydrogen-bond acceptors (Lipinski definition) is 5. The minimum atomic E-state index is 0.0451. The first-order valence-corrected chi connectivity index (χ1v) is 10.9. The molecule has 0 aliphatic rings. The normalized spacial score (nSPS) is 10.7. The van der Waals surface area contributed by atoms with Crippen molar-refractivity contribution in [2.75, 3.05) is 5.75 Å². The van der Waals surface area contributed by atoms with E-state index in [0.29, 0.717) is 29.7 Å². The first-order chi connectivity index (χ1) is 14.0. The lowest BCUT2D eigenvalue weighted by Crippen LogP contribution is -2.09. The molecule has 0 N–H and O–H groups in total. The van der Waals surface area contributed by atoms with Crippen LogP contribution in [-0.4, -0.2) is 26.3 Å². The van der Waals surface area contributed by atoms with Crippen molar-refractivity contribution in [1.82, 2.24) is 14.8 Å². The Balaban J connectivity index is 1.68. The van der Waals surface area contributed by atoms with E-state index in [2.05, 4.69) is 45.7 Å². The Labute approximate surface area is 183 Å². The maximum absolute atomic E-state index is 12.4. The molecule has 0 saturated carbocycles. The van der Waals surface area contributed by atoms with Crippen LogP contribution in [0.3, 0.4) is 0 Å². The van der Waals surface area contributed by atoms with E-state index in [1.807, 2.05) is 47.9 Å². The zero-order chi connectivity index (χ0) is 20.8. The number of carbonyl (C=O) groups is 1. The first kappa shape index (κ1) is 21.3. The molecule has 2 aromatic carbocycles. The van der Waals surface area contributed by atoms with Gasteiger partial charge in [0, 0.05) is 16.6 Å². The molecule has 3 rings (SSSR count). The average Bonchev–Trinajstić information content (AvgIpc) is 3.08. The van der Waals surface area contributed by atoms with Crippen molar-refractivity contribution in [3.05, 3.63) is 82.1 Å². The molecular formula is C22H22BrN3O2S. The second-order valence-electron chi connectivity index (χ2n) is 6.57. The number of Topliss-reactive ketones (excluding diaryl/α,β-unsaturated/α-hetero) is 1. The van der Waals surface area contributed by atoms with E-state index in [4.69, 9.17) is 4.74 Å². The van der Waals surface area contributed by atoms with Gasteiger partial charge in [0.2, 0.25) is 0 Å². The van der Waals surface area contributed by atoms with Crippen LogP contribution in [0.4, 0.5) is 0 Å². The highest BCUT2D eigenvalue weighted by molar-refractivity contribution is 9.10. The van der Waals surface area contributed by atoms with Crippen LogP contribution >= 0.6 is 27.7 Å². The molecule has 0 saturated heterocycles. The molecule has 29 heavy (non-hydrogen) atoms. The van der Waals surface area contributed by atoms with Crippen molar-refractivity contribution >= 4 is 33.5 Å². The van der Waals surface area contributed by atoms with Crippen molar-refractivity contribution in [3.63, 3.8) is 0 Å². The number of carbonyl (C=O) groups excluding carboxylic acids is 1. The van der Waals surface area contributed by atoms with Gasteiger partial charge in [-0.2, -0.15) is 0 Å². The van der Waals surface area contributed by atoms with Crippen LogP contribution in [0, 0.1) is 13.8 Å². The Morgan fingerprint density at radius 3 is 2.66 bits per heavy atom. The van der Waals surface area contributed by atoms with Crippen molar-refractivity contribution in [3.8, 4) is 5.75 Å². The Morgan fingerprint density at radius 1 is 1.21 bits per heavy atom. The molecule has 0 amide bonds. The predicted octanol–water partition coefficient (Wildman–Crippen LogP) is 5.40. The van der Waals surface area contributed by atoms with Crippen LogP contribution in [0.25, 0.3) is 0 Å². The van der Waals surface area contributed by atoms with Gasteiger partial charge < -0.3 is 4.74 Å². The van der Waals surface area contributed by atoms with Gasteiger partial charge in [-0.3, -0.25) is 9.36 Å². The maximum atomic E-state index is 12.4. The van der Waals surface area contributed by atoms with E-state index >= 15 is 0 Å². The van der Waals surface area contributed by atoms with E-state index in [-0.39, 0.29) is 11.5 Å². The van der Waals surface area contributed by atoms with E-state index in [9.17, 15) is 4.79 Å². The fourth-order valence-corrected chi connectivity index (χ4v) is 3.92. The molecule has 1 aromatic heterocycles. The zero-order valence-corrected chi connectivity index (χ0v) is 18.8. The summed E-state index contributed by atoms with van der Waals surface area (Å²) >= 11 is 4.75. The minimum absolute atomic E-state index is 0.0451. The summed E-state index contributed by atoms with van der Waals surface area (Å²) in [6, 6.07) is 13.4. The SMILES string of the molecule is C=CCn1c(COc2ccc(C)cc2C)nnc1SCC(=O)c1ccc(Br)cc1. The molecule has 1 heterocycles. The first-order valence-electron chi connectivity index (χ1n) is 9.12. The molecule has 0 bridgehead atoms. The highest BCUT2D eigenvalue weighted by atomic mass is 79.9. The molecule has 150 valence electrons. The van der Waals surface area contributed by atoms with E-state index < -0.39 is 0 Å². The number of ether oxygens (including phenoxy) is 1. The molecule has 0 aliphatic heterocycles. The average molecular weight is 472 g/mol. The third kappa shape index (κ3) is 5.58. The van der Waals surface area contributed by atoms with Gasteiger partial charge in [-0.25, -0.2) is 0 Å². The number of rotatable bonds is 9. The Hall–Kier alpha value is -2.38. The fraction of sp³-hybridized carbons (Fsp3) is 0.227. The lowest BCUT2D eigenvalue weighted by Gasteiger charge is -2.11. The third-order valence-electron chi connectivity index (χ3n) is 4.29. The monoisotopic (exact) mass is 471 g/mol. The fourth-order valence-electron chi connectivity index (χ4n) is 2.80. The summed E-state index contributed by atoms with van der Waals surface area (Å²) in [7, 11) is 0. The molecule has 0 spiro atoms. The van der Waals surface area contributed by atoms with Gasteiger partial charge in [-0.15, -0.1) is 16.8 Å². The van der Waals surface area contributed by atoms with Crippen LogP contribution in [0.15, 0.2) is 64.7 Å². The van der Waals surface area contributed by atoms with Crippen LogP contribution in [0.5, 0.6) is 5.75 Å². The number of thioether (sulfide) groups is 1. The van der Waals surface area contributed by atoms with Gasteiger partial charge >= 0.3 is 0 Å². The second kappa shape index (κ2) is 9.89. The smallest absolute Gasteiger partial charge is 0.192 e. The summed E-state index contributed by atoms with van der Waals surface area (Å²) in [5, 5.41) is 9.19. The number of benzene rings is 2. The number of hydrogen-bond donors (Lipinski definition) is 0. The molecule has 7 heteroatoms. The van der Waals surface area contributed by atoms with Crippen LogP contribution < -0.4 is 4.74 Å². The Bertz CT molecular complexity index is 1020. The summed E-state index contributed by atoms with van der Waals surface area (Å²) < 4.78 is 8.82. The number of ketones is 1. The van der Waals surface area contributed by atoms with Gasteiger partial charge in [0.05, 0.1) is 5.75 Å². The lowest BCUT2D eigenvalue weighted by molar-refractivity contribution is 0.102. The zero-order valence-electron chi connectivity index (χ0n) is 16.4. The lowest BCUT2D eigenvalue weighted by atomic mass is 10.1. The van der Waals surface area contributed by atoms with Crippen LogP contribution in [-0.2, 0) is 13.2 Å². The van der Waals surface area contributed by atoms with E-state index in [1.165, 1.54) is 17.3 Å². The number of halogens is 1. The van der Waals surface area contributed by atoms with Crippen molar-refractivity contribution in [2.24, 2.45) is 0 Å². The molecular weight excluding hydrogens is 450 g/mol. The maximum Gasteiger partial charge on any atom is 0.192 e. The summed E-state index contributed by atoms with van der Waals surface area (Å²) in [5.41, 5.74) is 2.95. The number of aryl methyl sites for hydroxylation is 2. The number of nitrogens with zero attached hydrogens (tertiary/aromatic N) is 3. The number of aromatic nitrogens is 3. The molecule has 0 fully saturated rings. The van der Waals surface area contributed by atoms with Crippen molar-refractivity contribution in [1.29, 1.82) is 0 Å². The minimum Gasteiger partial charge on any atom is -0.485 e. The molecule has 0 radical (unpaired) electrons. The molecule has 0 unspecified atom stereocenters. The highest BCUT2D eigenvalue weighted by Crippen LogP contribution is 2.22. The standard InChI is InChI=1S/C22H22BrN3O2S/c1-4-11-26-21(13-28-20-10-5-15(2)12-16(20)3)24-25-22(26)29-14-19(27)17-6-8-18(23)9-7-17/h4-10,12H,1,11,13-14H2,2-3H3. The summed E-state index contributed by atoms with van der Waals surface area (Å²) in [6.45, 7) is 8.73. The van der Waals surface area contributed by atoms with Gasteiger partial charge in [-0.1, -0.05) is 63.6 Å². The van der Waals surface area contributed by atoms with Crippen molar-refractivity contribution < 1.29 is 9.53 Å². The highest BCUT2D eigenvalue weighted by Gasteiger charge is 2.15. The van der Waals surface area contributed by atoms with Crippen LogP contribution in [0.1, 0.15) is 27.3 Å². The largest absolute Gasteiger partial charge is 0.485 e. The van der Waals surface area contributed by atoms with Crippen molar-refractivity contribution in [2.45, 2.75) is 32.2 Å². The van der Waals surface area contributed by atoms with Gasteiger partial charge in [0.15, 0.2) is 16.8 Å². The molecule has 0 atom stereocenters. The molecule has 0 aliphatic carbocycles. The van der Waals surface area contributed by atoms with E-state index in [1.54, 1.807) is 6.08 Å². The summed E-state index contributed by atoms with van der Waals surface area (Å²) in [4.78, 5) is 12.4. The topological polar surface area (TPSA) is 57.0 Å². The van der Waals surface area contributed by atoms with Gasteiger partial charge in [-0.05, 0) is 37.6 Å². The quantitative estimate of drug-likeness (QED) is 0.237. The summed E-state index contributed by atoms with van der Waals surface area (Å²) in [5.74, 6) is 1.85. The van der Waals surface area contributed by atoms with Gasteiger partial charge in [0.1, 0.15) is 12.4 Å². The number of allylic oxidation sites excluding steroid dienone is 1. The van der Waals surface area contributed by atoms with E-state index in [0.717, 1.165) is 15.8 Å². The summed E-state index contributed by atoms with van der Waals surface area (Å²) in [6.07, 6.45) is 1.78. The second-order valence-corrected chi connectivity index (χ2v) is 8.43. The molecule has 5 nitrogen and oxygen atoms in total. The van der Waals surface area contributed by atoms with Crippen LogP contribution in [0.2, 0.25) is 0 Å². The third-order valence-corrected chi connectivity index (χ3v) is 5.79. The Kier molecular flexibility index (Phi) is 7.28. The predicted molar refractivity (Wildman–Crippen MR) is 120 cm³/mol. The Morgan fingerprint density at radius 2 is 1.97 bits per heavy atom. The molecule has 3 aromatic rings. The van der Waals surface area contributed by atoms with Gasteiger partial charge in [0.25, 0.3) is 0 Å².